The van der Waals surface area contributed by atoms with Gasteiger partial charge < -0.3 is 24.4 Å². The Bertz CT molecular complexity index is 1230. The third kappa shape index (κ3) is 6.79. The summed E-state index contributed by atoms with van der Waals surface area (Å²) in [6, 6.07) is 12.1. The lowest BCUT2D eigenvalue weighted by Crippen LogP contribution is -2.38. The minimum Gasteiger partial charge on any atom is -0.497 e. The topological polar surface area (TPSA) is 85.8 Å². The fraction of sp³-hybridized carbons (Fsp3) is 0.500. The maximum atomic E-state index is 13.0. The minimum atomic E-state index is -0.0110. The molecule has 2 atom stereocenters. The molecular formula is C30H40N4O4. The van der Waals surface area contributed by atoms with Crippen LogP contribution in [0, 0.1) is 18.8 Å². The summed E-state index contributed by atoms with van der Waals surface area (Å²) in [6.07, 6.45) is 5.01. The van der Waals surface area contributed by atoms with E-state index in [2.05, 4.69) is 35.2 Å². The molecule has 38 heavy (non-hydrogen) atoms. The van der Waals surface area contributed by atoms with Crippen molar-refractivity contribution in [2.24, 2.45) is 11.8 Å². The predicted octanol–water partition coefficient (Wildman–Crippen LogP) is 5.62. The number of aromatic nitrogens is 2. The molecule has 204 valence electrons. The first-order valence-corrected chi connectivity index (χ1v) is 13.5. The normalized spacial score (nSPS) is 20.0. The molecule has 2 saturated heterocycles. The molecule has 0 radical (unpaired) electrons. The van der Waals surface area contributed by atoms with E-state index in [9.17, 15) is 4.79 Å². The second-order valence-corrected chi connectivity index (χ2v) is 10.3. The van der Waals surface area contributed by atoms with Crippen molar-refractivity contribution < 1.29 is 19.0 Å². The molecular weight excluding hydrogens is 480 g/mol. The van der Waals surface area contributed by atoms with Crippen LogP contribution in [0.2, 0.25) is 0 Å². The van der Waals surface area contributed by atoms with Gasteiger partial charge >= 0.3 is 0 Å². The van der Waals surface area contributed by atoms with Crippen LogP contribution in [0.3, 0.4) is 0 Å². The van der Waals surface area contributed by atoms with Crippen molar-refractivity contribution in [3.63, 3.8) is 0 Å². The second kappa shape index (κ2) is 13.0. The summed E-state index contributed by atoms with van der Waals surface area (Å²) in [5, 5.41) is 5.54. The molecule has 3 aromatic rings. The highest BCUT2D eigenvalue weighted by Gasteiger charge is 2.25. The highest BCUT2D eigenvalue weighted by molar-refractivity contribution is 5.95. The van der Waals surface area contributed by atoms with Crippen molar-refractivity contribution in [1.29, 1.82) is 0 Å². The zero-order valence-corrected chi connectivity index (χ0v) is 23.2. The van der Waals surface area contributed by atoms with Gasteiger partial charge in [0.1, 0.15) is 23.6 Å². The van der Waals surface area contributed by atoms with E-state index < -0.39 is 0 Å². The van der Waals surface area contributed by atoms with E-state index >= 15 is 0 Å². The molecule has 1 N–H and O–H groups in total. The van der Waals surface area contributed by atoms with Crippen molar-refractivity contribution in [2.45, 2.75) is 46.1 Å². The van der Waals surface area contributed by atoms with Crippen LogP contribution in [-0.2, 0) is 9.47 Å². The Morgan fingerprint density at radius 2 is 1.79 bits per heavy atom. The second-order valence-electron chi connectivity index (χ2n) is 10.3. The van der Waals surface area contributed by atoms with Gasteiger partial charge in [0.2, 0.25) is 0 Å². The van der Waals surface area contributed by atoms with Crippen LogP contribution in [0.1, 0.15) is 49.2 Å². The number of carbonyl (C=O) groups is 1. The number of benzene rings is 2. The van der Waals surface area contributed by atoms with Gasteiger partial charge in [-0.2, -0.15) is 0 Å². The Labute approximate surface area is 225 Å². The van der Waals surface area contributed by atoms with Crippen LogP contribution in [-0.4, -0.2) is 67.4 Å². The largest absolute Gasteiger partial charge is 0.497 e. The molecule has 0 bridgehead atoms. The van der Waals surface area contributed by atoms with Gasteiger partial charge in [0.05, 0.1) is 19.8 Å². The summed E-state index contributed by atoms with van der Waals surface area (Å²) in [6.45, 7) is 9.60. The van der Waals surface area contributed by atoms with E-state index in [1.807, 2.05) is 42.2 Å². The Morgan fingerprint density at radius 1 is 1.03 bits per heavy atom. The summed E-state index contributed by atoms with van der Waals surface area (Å²) in [7, 11) is 3.41. The molecule has 2 aliphatic rings. The maximum Gasteiger partial charge on any atom is 0.272 e. The van der Waals surface area contributed by atoms with E-state index in [0.29, 0.717) is 29.5 Å². The van der Waals surface area contributed by atoms with Gasteiger partial charge in [0.25, 0.3) is 5.91 Å². The molecule has 2 aromatic carbocycles. The average Bonchev–Trinajstić information content (AvgIpc) is 2.94. The first kappa shape index (κ1) is 27.8. The summed E-state index contributed by atoms with van der Waals surface area (Å²) in [5.74, 6) is 2.80. The number of hydrogen-bond donors (Lipinski definition) is 1. The average molecular weight is 521 g/mol. The zero-order valence-electron chi connectivity index (χ0n) is 23.2. The minimum absolute atomic E-state index is 0.0110. The number of likely N-dealkylation sites (tertiary alicyclic amines) is 1. The predicted molar refractivity (Wildman–Crippen MR) is 150 cm³/mol. The fourth-order valence-corrected chi connectivity index (χ4v) is 4.84. The number of nitrogens with zero attached hydrogens (tertiary/aromatic N) is 3. The van der Waals surface area contributed by atoms with Gasteiger partial charge in [-0.3, -0.25) is 4.79 Å². The Hall–Kier alpha value is -3.23. The van der Waals surface area contributed by atoms with E-state index in [1.54, 1.807) is 14.2 Å². The number of rotatable bonds is 5. The molecule has 8 nitrogen and oxygen atoms in total. The smallest absolute Gasteiger partial charge is 0.272 e. The molecule has 1 aromatic heterocycles. The lowest BCUT2D eigenvalue weighted by atomic mass is 9.99. The van der Waals surface area contributed by atoms with Crippen LogP contribution < -0.4 is 10.1 Å². The van der Waals surface area contributed by atoms with Crippen LogP contribution in [0.15, 0.2) is 42.7 Å². The van der Waals surface area contributed by atoms with Crippen LogP contribution in [0.25, 0.3) is 10.8 Å². The highest BCUT2D eigenvalue weighted by atomic mass is 16.5. The van der Waals surface area contributed by atoms with Crippen molar-refractivity contribution in [3.8, 4) is 5.75 Å². The first-order valence-electron chi connectivity index (χ1n) is 13.5. The summed E-state index contributed by atoms with van der Waals surface area (Å²) < 4.78 is 15.7. The number of carbonyl (C=O) groups excluding carboxylic acids is 1. The standard InChI is InChI=1S/C23H26N4O2.C7H14O2/c1-15-8-10-27(11-9-15)23(28)21-16(2)22(25-14-24-21)26-19-6-4-17-5-7-20(29-3)13-18(17)12-19;1-6-3-4-9-5-7(6)8-2/h4-7,12-15H,8-11H2,1-3H3,(H,24,25,26);6-7H,3-5H2,1-2H3. The third-order valence-electron chi connectivity index (χ3n) is 7.60. The molecule has 1 amide bonds. The van der Waals surface area contributed by atoms with Crippen molar-refractivity contribution in [2.75, 3.05) is 45.8 Å². The van der Waals surface area contributed by atoms with Gasteiger partial charge in [-0.25, -0.2) is 9.97 Å². The van der Waals surface area contributed by atoms with Crippen LogP contribution in [0.4, 0.5) is 11.5 Å². The van der Waals surface area contributed by atoms with E-state index in [1.165, 1.54) is 6.33 Å². The summed E-state index contributed by atoms with van der Waals surface area (Å²) in [4.78, 5) is 23.5. The summed E-state index contributed by atoms with van der Waals surface area (Å²) in [5.41, 5.74) is 2.14. The van der Waals surface area contributed by atoms with Gasteiger partial charge in [-0.15, -0.1) is 0 Å². The highest BCUT2D eigenvalue weighted by Crippen LogP contribution is 2.27. The lowest BCUT2D eigenvalue weighted by Gasteiger charge is -2.30. The summed E-state index contributed by atoms with van der Waals surface area (Å²) >= 11 is 0. The number of ether oxygens (including phenoxy) is 3. The van der Waals surface area contributed by atoms with Crippen molar-refractivity contribution >= 4 is 28.2 Å². The number of amides is 1. The number of piperidine rings is 1. The molecule has 2 aliphatic heterocycles. The zero-order chi connectivity index (χ0) is 27.1. The van der Waals surface area contributed by atoms with Crippen LogP contribution >= 0.6 is 0 Å². The lowest BCUT2D eigenvalue weighted by molar-refractivity contribution is -0.0600. The molecule has 3 heterocycles. The van der Waals surface area contributed by atoms with Crippen molar-refractivity contribution in [1.82, 2.24) is 14.9 Å². The molecule has 0 aliphatic carbocycles. The molecule has 2 fully saturated rings. The fourth-order valence-electron chi connectivity index (χ4n) is 4.84. The number of fused-ring (bicyclic) bond motifs is 1. The molecule has 5 rings (SSSR count). The van der Waals surface area contributed by atoms with Gasteiger partial charge in [-0.05, 0) is 73.1 Å². The third-order valence-corrected chi connectivity index (χ3v) is 7.60. The molecule has 2 unspecified atom stereocenters. The maximum absolute atomic E-state index is 13.0. The number of nitrogens with one attached hydrogen (secondary N) is 1. The monoisotopic (exact) mass is 520 g/mol. The van der Waals surface area contributed by atoms with Crippen LogP contribution in [0.5, 0.6) is 5.75 Å². The Balaban J connectivity index is 0.000000317. The van der Waals surface area contributed by atoms with E-state index in [-0.39, 0.29) is 5.91 Å². The van der Waals surface area contributed by atoms with Gasteiger partial charge in [0, 0.05) is 38.1 Å². The Morgan fingerprint density at radius 3 is 2.47 bits per heavy atom. The quantitative estimate of drug-likeness (QED) is 0.467. The molecule has 0 saturated carbocycles. The van der Waals surface area contributed by atoms with E-state index in [0.717, 1.165) is 73.3 Å². The number of hydrogen-bond acceptors (Lipinski definition) is 7. The first-order chi connectivity index (χ1) is 18.4. The van der Waals surface area contributed by atoms with E-state index in [4.69, 9.17) is 14.2 Å². The molecule has 8 heteroatoms. The Kier molecular flexibility index (Phi) is 9.53. The van der Waals surface area contributed by atoms with Crippen molar-refractivity contribution in [3.05, 3.63) is 54.0 Å². The SMILES string of the molecule is COC1COCCC1C.COc1ccc2ccc(Nc3ncnc(C(=O)N4CCC(C)CC4)c3C)cc2c1. The molecule has 0 spiro atoms. The van der Waals surface area contributed by atoms with Gasteiger partial charge in [-0.1, -0.05) is 26.0 Å². The number of methoxy groups -OCH3 is 2. The number of anilines is 2. The van der Waals surface area contributed by atoms with Gasteiger partial charge in [0.15, 0.2) is 0 Å².